The summed E-state index contributed by atoms with van der Waals surface area (Å²) < 4.78 is 6.82. The highest BCUT2D eigenvalue weighted by Gasteiger charge is 2.36. The number of urea groups is 1. The lowest BCUT2D eigenvalue weighted by atomic mass is 10.1. The Labute approximate surface area is 147 Å². The highest BCUT2D eigenvalue weighted by atomic mass is 16.5. The van der Waals surface area contributed by atoms with Crippen LogP contribution in [0.3, 0.4) is 0 Å². The lowest BCUT2D eigenvalue weighted by Crippen LogP contribution is -2.49. The molecule has 1 fully saturated rings. The van der Waals surface area contributed by atoms with Crippen LogP contribution in [0.2, 0.25) is 0 Å². The van der Waals surface area contributed by atoms with E-state index in [9.17, 15) is 9.59 Å². The van der Waals surface area contributed by atoms with Crippen LogP contribution in [0.5, 0.6) is 0 Å². The standard InChI is InChI=1S/C17H25N5O3/c1-12-10-15(20(2)19-12)22-9-6-14(16(22)23)18-17(24)21-7-4-13(5-8-21)11-25-3/h4,10,14H,5-9,11H2,1-3H3,(H,18,24)/t14-/m1/s1. The van der Waals surface area contributed by atoms with Gasteiger partial charge in [0.2, 0.25) is 0 Å². The first-order chi connectivity index (χ1) is 12.0. The number of hydrogen-bond acceptors (Lipinski definition) is 4. The lowest BCUT2D eigenvalue weighted by molar-refractivity contribution is -0.118. The molecule has 0 saturated carbocycles. The average Bonchev–Trinajstić information content (AvgIpc) is 3.10. The van der Waals surface area contributed by atoms with Gasteiger partial charge in [-0.3, -0.25) is 14.4 Å². The highest BCUT2D eigenvalue weighted by Crippen LogP contribution is 2.22. The van der Waals surface area contributed by atoms with E-state index in [1.807, 2.05) is 26.1 Å². The van der Waals surface area contributed by atoms with Crippen LogP contribution in [0, 0.1) is 6.92 Å². The molecule has 8 heteroatoms. The fraction of sp³-hybridized carbons (Fsp3) is 0.588. The van der Waals surface area contributed by atoms with Crippen molar-refractivity contribution in [2.75, 3.05) is 38.3 Å². The normalized spacial score (nSPS) is 20.8. The topological polar surface area (TPSA) is 79.7 Å². The molecule has 0 aromatic carbocycles. The van der Waals surface area contributed by atoms with E-state index in [0.29, 0.717) is 32.7 Å². The smallest absolute Gasteiger partial charge is 0.318 e. The maximum absolute atomic E-state index is 12.6. The predicted octanol–water partition coefficient (Wildman–Crippen LogP) is 0.822. The van der Waals surface area contributed by atoms with E-state index in [-0.39, 0.29) is 11.9 Å². The van der Waals surface area contributed by atoms with Crippen molar-refractivity contribution in [2.45, 2.75) is 25.8 Å². The van der Waals surface area contributed by atoms with Gasteiger partial charge in [0.1, 0.15) is 11.9 Å². The van der Waals surface area contributed by atoms with Gasteiger partial charge < -0.3 is 15.0 Å². The SMILES string of the molecule is COCC1=CCN(C(=O)N[C@@H]2CCN(c3cc(C)nn3C)C2=O)CC1. The fourth-order valence-corrected chi connectivity index (χ4v) is 3.34. The van der Waals surface area contributed by atoms with E-state index >= 15 is 0 Å². The van der Waals surface area contributed by atoms with Crippen molar-refractivity contribution >= 4 is 17.8 Å². The molecule has 0 spiro atoms. The zero-order valence-corrected chi connectivity index (χ0v) is 15.0. The Morgan fingerprint density at radius 2 is 2.24 bits per heavy atom. The third-order valence-corrected chi connectivity index (χ3v) is 4.68. The number of carbonyl (C=O) groups excluding carboxylic acids is 2. The number of aromatic nitrogens is 2. The lowest BCUT2D eigenvalue weighted by Gasteiger charge is -2.27. The van der Waals surface area contributed by atoms with Crippen molar-refractivity contribution in [1.82, 2.24) is 20.0 Å². The molecule has 2 aliphatic heterocycles. The molecule has 1 aromatic rings. The van der Waals surface area contributed by atoms with Crippen LogP contribution in [-0.2, 0) is 16.6 Å². The number of ether oxygens (including phenoxy) is 1. The Morgan fingerprint density at radius 1 is 1.44 bits per heavy atom. The van der Waals surface area contributed by atoms with Crippen LogP contribution in [0.15, 0.2) is 17.7 Å². The van der Waals surface area contributed by atoms with Crippen LogP contribution >= 0.6 is 0 Å². The highest BCUT2D eigenvalue weighted by molar-refractivity contribution is 6.00. The molecule has 3 heterocycles. The summed E-state index contributed by atoms with van der Waals surface area (Å²) in [5.74, 6) is 0.688. The van der Waals surface area contributed by atoms with Crippen LogP contribution < -0.4 is 10.2 Å². The largest absolute Gasteiger partial charge is 0.380 e. The number of aryl methyl sites for hydroxylation is 2. The van der Waals surface area contributed by atoms with Gasteiger partial charge in [0, 0.05) is 39.9 Å². The number of nitrogens with zero attached hydrogens (tertiary/aromatic N) is 4. The van der Waals surface area contributed by atoms with Crippen molar-refractivity contribution in [3.05, 3.63) is 23.4 Å². The molecule has 1 aromatic heterocycles. The molecule has 3 rings (SSSR count). The number of methoxy groups -OCH3 is 1. The van der Waals surface area contributed by atoms with E-state index in [1.54, 1.807) is 21.6 Å². The molecular weight excluding hydrogens is 322 g/mol. The summed E-state index contributed by atoms with van der Waals surface area (Å²) in [4.78, 5) is 28.5. The Bertz CT molecular complexity index is 696. The van der Waals surface area contributed by atoms with E-state index < -0.39 is 6.04 Å². The molecule has 0 bridgehead atoms. The third kappa shape index (κ3) is 3.68. The molecule has 1 saturated heterocycles. The maximum Gasteiger partial charge on any atom is 0.318 e. The van der Waals surface area contributed by atoms with Crippen LogP contribution in [0.1, 0.15) is 18.5 Å². The number of anilines is 1. The summed E-state index contributed by atoms with van der Waals surface area (Å²) in [5.41, 5.74) is 2.07. The monoisotopic (exact) mass is 347 g/mol. The van der Waals surface area contributed by atoms with Crippen molar-refractivity contribution in [2.24, 2.45) is 7.05 Å². The van der Waals surface area contributed by atoms with Gasteiger partial charge in [0.15, 0.2) is 0 Å². The minimum absolute atomic E-state index is 0.0797. The summed E-state index contributed by atoms with van der Waals surface area (Å²) in [5, 5.41) is 7.16. The van der Waals surface area contributed by atoms with Crippen molar-refractivity contribution < 1.29 is 14.3 Å². The van der Waals surface area contributed by atoms with Gasteiger partial charge in [-0.25, -0.2) is 4.79 Å². The molecule has 8 nitrogen and oxygen atoms in total. The van der Waals surface area contributed by atoms with E-state index in [2.05, 4.69) is 10.4 Å². The van der Waals surface area contributed by atoms with Crippen LogP contribution in [0.4, 0.5) is 10.6 Å². The van der Waals surface area contributed by atoms with Gasteiger partial charge in [-0.05, 0) is 25.3 Å². The molecular formula is C17H25N5O3. The number of hydrogen-bond donors (Lipinski definition) is 1. The molecule has 2 aliphatic rings. The number of nitrogens with one attached hydrogen (secondary N) is 1. The quantitative estimate of drug-likeness (QED) is 0.818. The maximum atomic E-state index is 12.6. The minimum atomic E-state index is -0.480. The van der Waals surface area contributed by atoms with Gasteiger partial charge in [0.25, 0.3) is 5.91 Å². The molecule has 0 unspecified atom stereocenters. The third-order valence-electron chi connectivity index (χ3n) is 4.68. The average molecular weight is 347 g/mol. The summed E-state index contributed by atoms with van der Waals surface area (Å²) in [6.07, 6.45) is 3.43. The Balaban J connectivity index is 1.58. The first-order valence-corrected chi connectivity index (χ1v) is 8.54. The van der Waals surface area contributed by atoms with Gasteiger partial charge in [-0.15, -0.1) is 0 Å². The number of amides is 3. The second-order valence-corrected chi connectivity index (χ2v) is 6.54. The number of carbonyl (C=O) groups is 2. The van der Waals surface area contributed by atoms with Gasteiger partial charge in [0.05, 0.1) is 12.3 Å². The zero-order chi connectivity index (χ0) is 18.0. The van der Waals surface area contributed by atoms with Gasteiger partial charge in [-0.1, -0.05) is 6.08 Å². The summed E-state index contributed by atoms with van der Waals surface area (Å²) in [6, 6.07) is 1.22. The minimum Gasteiger partial charge on any atom is -0.380 e. The van der Waals surface area contributed by atoms with E-state index in [4.69, 9.17) is 4.74 Å². The van der Waals surface area contributed by atoms with Crippen molar-refractivity contribution in [3.63, 3.8) is 0 Å². The second kappa shape index (κ2) is 7.26. The Hall–Kier alpha value is -2.35. The Kier molecular flexibility index (Phi) is 5.08. The predicted molar refractivity (Wildman–Crippen MR) is 93.4 cm³/mol. The molecule has 25 heavy (non-hydrogen) atoms. The first kappa shape index (κ1) is 17.5. The second-order valence-electron chi connectivity index (χ2n) is 6.54. The van der Waals surface area contributed by atoms with Crippen molar-refractivity contribution in [3.8, 4) is 0 Å². The zero-order valence-electron chi connectivity index (χ0n) is 15.0. The molecule has 0 radical (unpaired) electrons. The van der Waals surface area contributed by atoms with E-state index in [0.717, 1.165) is 17.9 Å². The van der Waals surface area contributed by atoms with Crippen molar-refractivity contribution in [1.29, 1.82) is 0 Å². The summed E-state index contributed by atoms with van der Waals surface area (Å²) >= 11 is 0. The van der Waals surface area contributed by atoms with Gasteiger partial charge >= 0.3 is 6.03 Å². The number of rotatable bonds is 4. The molecule has 136 valence electrons. The van der Waals surface area contributed by atoms with Crippen LogP contribution in [-0.4, -0.2) is 66.0 Å². The molecule has 1 atom stereocenters. The van der Waals surface area contributed by atoms with Crippen LogP contribution in [0.25, 0.3) is 0 Å². The van der Waals surface area contributed by atoms with Gasteiger partial charge in [-0.2, -0.15) is 5.10 Å². The molecule has 1 N–H and O–H groups in total. The summed E-state index contributed by atoms with van der Waals surface area (Å²) in [7, 11) is 3.49. The van der Waals surface area contributed by atoms with E-state index in [1.165, 1.54) is 5.57 Å². The first-order valence-electron chi connectivity index (χ1n) is 8.54. The Morgan fingerprint density at radius 3 is 2.84 bits per heavy atom. The summed E-state index contributed by atoms with van der Waals surface area (Å²) in [6.45, 7) is 4.28. The fourth-order valence-electron chi connectivity index (χ4n) is 3.34. The molecule has 0 aliphatic carbocycles. The molecule has 3 amide bonds.